The highest BCUT2D eigenvalue weighted by Gasteiger charge is 2.30. The molecular formula is C2H6BF3NS-. The topological polar surface area (TPSA) is 26.0 Å². The lowest BCUT2D eigenvalue weighted by atomic mass is 9.82. The summed E-state index contributed by atoms with van der Waals surface area (Å²) in [6.45, 7) is -4.86. The first-order valence-electron chi connectivity index (χ1n) is 2.05. The Morgan fingerprint density at radius 3 is 1.88 bits per heavy atom. The van der Waals surface area contributed by atoms with Gasteiger partial charge in [-0.05, 0) is 11.7 Å². The minimum Gasteiger partial charge on any atom is -0.448 e. The molecule has 0 aromatic rings. The summed E-state index contributed by atoms with van der Waals surface area (Å²) in [6.07, 6.45) is 0. The number of hydrogen-bond donors (Lipinski definition) is 2. The van der Waals surface area contributed by atoms with E-state index in [2.05, 4.69) is 18.4 Å². The molecule has 0 saturated heterocycles. The molecular weight excluding hydrogens is 138 g/mol. The first kappa shape index (κ1) is 8.16. The van der Waals surface area contributed by atoms with Crippen LogP contribution >= 0.6 is 12.6 Å². The van der Waals surface area contributed by atoms with Crippen molar-refractivity contribution in [2.45, 2.75) is 5.94 Å². The lowest BCUT2D eigenvalue weighted by molar-refractivity contribution is 0.447. The Morgan fingerprint density at radius 2 is 1.88 bits per heavy atom. The highest BCUT2D eigenvalue weighted by Crippen LogP contribution is 2.12. The quantitative estimate of drug-likeness (QED) is 0.431. The summed E-state index contributed by atoms with van der Waals surface area (Å²) >= 11 is 3.38. The average molecular weight is 144 g/mol. The van der Waals surface area contributed by atoms with Crippen LogP contribution in [0.3, 0.4) is 0 Å². The van der Waals surface area contributed by atoms with Gasteiger partial charge in [0.05, 0.1) is 0 Å². The normalized spacial score (nSPS) is 16.1. The van der Waals surface area contributed by atoms with Crippen LogP contribution in [0.25, 0.3) is 0 Å². The summed E-state index contributed by atoms with van der Waals surface area (Å²) in [5.41, 5.74) is 4.58. The smallest absolute Gasteiger partial charge is 0.448 e. The highest BCUT2D eigenvalue weighted by molar-refractivity contribution is 7.80. The summed E-state index contributed by atoms with van der Waals surface area (Å²) in [4.78, 5) is 0. The molecule has 0 aliphatic heterocycles. The van der Waals surface area contributed by atoms with Gasteiger partial charge in [-0.15, -0.1) is 0 Å². The minimum atomic E-state index is -4.86. The van der Waals surface area contributed by atoms with E-state index in [-0.39, 0.29) is 5.75 Å². The Balaban J connectivity index is 3.62. The van der Waals surface area contributed by atoms with Crippen LogP contribution in [0, 0.1) is 0 Å². The van der Waals surface area contributed by atoms with E-state index in [1.54, 1.807) is 0 Å². The molecule has 50 valence electrons. The lowest BCUT2D eigenvalue weighted by Gasteiger charge is -2.19. The molecule has 6 heteroatoms. The van der Waals surface area contributed by atoms with Crippen molar-refractivity contribution in [2.24, 2.45) is 5.73 Å². The number of nitrogens with two attached hydrogens (primary N) is 1. The second-order valence-electron chi connectivity index (χ2n) is 1.47. The van der Waals surface area contributed by atoms with E-state index in [9.17, 15) is 12.9 Å². The van der Waals surface area contributed by atoms with Crippen molar-refractivity contribution in [1.82, 2.24) is 0 Å². The number of hydrogen-bond acceptors (Lipinski definition) is 2. The Kier molecular flexibility index (Phi) is 2.69. The van der Waals surface area contributed by atoms with Gasteiger partial charge in [0.25, 0.3) is 0 Å². The predicted octanol–water partition coefficient (Wildman–Crippen LogP) is 0.630. The van der Waals surface area contributed by atoms with Crippen LogP contribution in [0.15, 0.2) is 0 Å². The molecule has 0 aromatic heterocycles. The van der Waals surface area contributed by atoms with Crippen LogP contribution in [0.1, 0.15) is 0 Å². The minimum absolute atomic E-state index is 0.330. The third-order valence-corrected chi connectivity index (χ3v) is 1.12. The van der Waals surface area contributed by atoms with Crippen molar-refractivity contribution >= 4 is 19.6 Å². The first-order valence-corrected chi connectivity index (χ1v) is 2.68. The van der Waals surface area contributed by atoms with Gasteiger partial charge in [-0.3, -0.25) is 0 Å². The largest absolute Gasteiger partial charge is 0.495 e. The molecule has 0 radical (unpaired) electrons. The zero-order chi connectivity index (χ0) is 6.78. The number of rotatable bonds is 2. The van der Waals surface area contributed by atoms with Crippen molar-refractivity contribution in [3.8, 4) is 0 Å². The van der Waals surface area contributed by atoms with Gasteiger partial charge in [-0.1, -0.05) is 0 Å². The maximum atomic E-state index is 11.3. The molecule has 0 heterocycles. The standard InChI is InChI=1S/C2H6BF3NS/c4-3(5,6)2(7)1-8/h2,8H,1,7H2/q-1. The van der Waals surface area contributed by atoms with E-state index in [0.717, 1.165) is 0 Å². The molecule has 1 unspecified atom stereocenters. The van der Waals surface area contributed by atoms with Crippen LogP contribution in [-0.4, -0.2) is 18.7 Å². The van der Waals surface area contributed by atoms with Gasteiger partial charge in [0.1, 0.15) is 0 Å². The van der Waals surface area contributed by atoms with Gasteiger partial charge >= 0.3 is 6.98 Å². The van der Waals surface area contributed by atoms with Gasteiger partial charge in [0.2, 0.25) is 0 Å². The molecule has 0 aromatic carbocycles. The van der Waals surface area contributed by atoms with E-state index < -0.39 is 12.9 Å². The summed E-state index contributed by atoms with van der Waals surface area (Å²) in [7, 11) is 0. The maximum Gasteiger partial charge on any atom is 0.495 e. The SMILES string of the molecule is NC(CS)[B-](F)(F)F. The maximum absolute atomic E-state index is 11.3. The molecule has 0 fully saturated rings. The first-order chi connectivity index (χ1) is 3.48. The van der Waals surface area contributed by atoms with E-state index in [4.69, 9.17) is 0 Å². The average Bonchev–Trinajstić information content (AvgIpc) is 1.62. The monoisotopic (exact) mass is 144 g/mol. The lowest BCUT2D eigenvalue weighted by Crippen LogP contribution is -2.43. The molecule has 1 nitrogen and oxygen atoms in total. The summed E-state index contributed by atoms with van der Waals surface area (Å²) in [6, 6.07) is 0. The van der Waals surface area contributed by atoms with E-state index in [1.165, 1.54) is 0 Å². The van der Waals surface area contributed by atoms with Crippen LogP contribution in [0.4, 0.5) is 12.9 Å². The summed E-state index contributed by atoms with van der Waals surface area (Å²) in [5, 5.41) is 0. The second-order valence-corrected chi connectivity index (χ2v) is 1.84. The fraction of sp³-hybridized carbons (Fsp3) is 1.00. The fourth-order valence-electron chi connectivity index (χ4n) is 0.120. The van der Waals surface area contributed by atoms with Gasteiger partial charge in [-0.2, -0.15) is 12.6 Å². The van der Waals surface area contributed by atoms with Gasteiger partial charge in [-0.25, -0.2) is 0 Å². The third kappa shape index (κ3) is 2.47. The molecule has 0 amide bonds. The van der Waals surface area contributed by atoms with Gasteiger partial charge in [0.15, 0.2) is 0 Å². The predicted molar refractivity (Wildman–Crippen MR) is 30.9 cm³/mol. The summed E-state index contributed by atoms with van der Waals surface area (Å²) in [5.74, 6) is -2.05. The van der Waals surface area contributed by atoms with Crippen LogP contribution < -0.4 is 5.73 Å². The molecule has 8 heavy (non-hydrogen) atoms. The fourth-order valence-corrected chi connectivity index (χ4v) is 0.359. The Labute approximate surface area is 50.9 Å². The van der Waals surface area contributed by atoms with Crippen molar-refractivity contribution in [2.75, 3.05) is 5.75 Å². The zero-order valence-corrected chi connectivity index (χ0v) is 4.91. The van der Waals surface area contributed by atoms with E-state index >= 15 is 0 Å². The third-order valence-electron chi connectivity index (χ3n) is 0.696. The van der Waals surface area contributed by atoms with Crippen molar-refractivity contribution in [3.05, 3.63) is 0 Å². The van der Waals surface area contributed by atoms with Crippen LogP contribution in [0.5, 0.6) is 0 Å². The highest BCUT2D eigenvalue weighted by atomic mass is 32.1. The molecule has 1 atom stereocenters. The zero-order valence-electron chi connectivity index (χ0n) is 4.02. The van der Waals surface area contributed by atoms with Crippen molar-refractivity contribution in [3.63, 3.8) is 0 Å². The number of halogens is 3. The van der Waals surface area contributed by atoms with Crippen LogP contribution in [-0.2, 0) is 0 Å². The van der Waals surface area contributed by atoms with E-state index in [1.807, 2.05) is 0 Å². The Morgan fingerprint density at radius 1 is 1.50 bits per heavy atom. The van der Waals surface area contributed by atoms with Crippen molar-refractivity contribution < 1.29 is 12.9 Å². The Bertz CT molecular complexity index is 74.2. The van der Waals surface area contributed by atoms with Crippen LogP contribution in [0.2, 0.25) is 0 Å². The Hall–Kier alpha value is 0.165. The molecule has 0 rings (SSSR count). The summed E-state index contributed by atoms with van der Waals surface area (Å²) < 4.78 is 34.0. The molecule has 0 aliphatic rings. The van der Waals surface area contributed by atoms with Crippen molar-refractivity contribution in [1.29, 1.82) is 0 Å². The van der Waals surface area contributed by atoms with Gasteiger partial charge in [0, 0.05) is 0 Å². The molecule has 0 saturated carbocycles. The molecule has 0 spiro atoms. The van der Waals surface area contributed by atoms with Gasteiger partial charge < -0.3 is 18.7 Å². The second kappa shape index (κ2) is 2.64. The molecule has 0 aliphatic carbocycles. The molecule has 2 N–H and O–H groups in total. The number of thiol groups is 1. The van der Waals surface area contributed by atoms with E-state index in [0.29, 0.717) is 0 Å². The molecule has 0 bridgehead atoms.